The predicted molar refractivity (Wildman–Crippen MR) is 88.6 cm³/mol. The Hall–Kier alpha value is -1.97. The Morgan fingerprint density at radius 2 is 1.62 bits per heavy atom. The third kappa shape index (κ3) is 2.62. The van der Waals surface area contributed by atoms with Crippen molar-refractivity contribution in [3.8, 4) is 22.4 Å². The summed E-state index contributed by atoms with van der Waals surface area (Å²) in [6.07, 6.45) is 0. The van der Waals surface area contributed by atoms with Crippen LogP contribution in [0.4, 0.5) is 5.82 Å². The van der Waals surface area contributed by atoms with E-state index in [2.05, 4.69) is 10.2 Å². The van der Waals surface area contributed by atoms with E-state index in [9.17, 15) is 0 Å². The standard InChI is InChI=1S/C16H13Cl2N3/c1-9-2-4-10(5-3-9)15-14(16(19)21-20-15)11-6-7-12(17)13(18)8-11/h2-8H,1H3,(H3,19,20,21). The largest absolute Gasteiger partial charge is 0.382 e. The molecule has 2 aromatic carbocycles. The Morgan fingerprint density at radius 3 is 2.29 bits per heavy atom. The zero-order valence-electron chi connectivity index (χ0n) is 11.3. The number of benzene rings is 2. The summed E-state index contributed by atoms with van der Waals surface area (Å²) in [6, 6.07) is 13.6. The molecule has 1 aromatic heterocycles. The minimum Gasteiger partial charge on any atom is -0.382 e. The maximum atomic E-state index is 6.10. The normalized spacial score (nSPS) is 10.8. The van der Waals surface area contributed by atoms with Crippen LogP contribution >= 0.6 is 23.2 Å². The number of hydrogen-bond donors (Lipinski definition) is 2. The molecule has 3 rings (SSSR count). The van der Waals surface area contributed by atoms with Crippen molar-refractivity contribution in [2.24, 2.45) is 0 Å². The van der Waals surface area contributed by atoms with Crippen molar-refractivity contribution in [2.75, 3.05) is 5.73 Å². The number of nitrogens with one attached hydrogen (secondary N) is 1. The van der Waals surface area contributed by atoms with E-state index in [4.69, 9.17) is 28.9 Å². The number of H-pyrrole nitrogens is 1. The van der Waals surface area contributed by atoms with Crippen LogP contribution in [-0.2, 0) is 0 Å². The lowest BCUT2D eigenvalue weighted by Crippen LogP contribution is -1.89. The number of nitrogens with two attached hydrogens (primary N) is 1. The van der Waals surface area contributed by atoms with Crippen molar-refractivity contribution >= 4 is 29.0 Å². The van der Waals surface area contributed by atoms with Crippen molar-refractivity contribution in [3.05, 3.63) is 58.1 Å². The van der Waals surface area contributed by atoms with Crippen LogP contribution in [0.3, 0.4) is 0 Å². The third-order valence-corrected chi connectivity index (χ3v) is 4.08. The molecule has 0 aliphatic carbocycles. The smallest absolute Gasteiger partial charge is 0.153 e. The molecular formula is C16H13Cl2N3. The SMILES string of the molecule is Cc1ccc(-c2[nH]nc(N)c2-c2ccc(Cl)c(Cl)c2)cc1. The van der Waals surface area contributed by atoms with Gasteiger partial charge in [-0.3, -0.25) is 5.10 Å². The zero-order valence-corrected chi connectivity index (χ0v) is 12.8. The average molecular weight is 318 g/mol. The quantitative estimate of drug-likeness (QED) is 0.703. The fourth-order valence-corrected chi connectivity index (χ4v) is 2.53. The topological polar surface area (TPSA) is 54.7 Å². The van der Waals surface area contributed by atoms with Gasteiger partial charge in [0.25, 0.3) is 0 Å². The van der Waals surface area contributed by atoms with E-state index in [0.717, 1.165) is 22.4 Å². The molecular weight excluding hydrogens is 305 g/mol. The van der Waals surface area contributed by atoms with Crippen molar-refractivity contribution in [1.29, 1.82) is 0 Å². The van der Waals surface area contributed by atoms with Gasteiger partial charge >= 0.3 is 0 Å². The Kier molecular flexibility index (Phi) is 3.62. The van der Waals surface area contributed by atoms with Crippen molar-refractivity contribution in [1.82, 2.24) is 10.2 Å². The fourth-order valence-electron chi connectivity index (χ4n) is 2.23. The van der Waals surface area contributed by atoms with Gasteiger partial charge in [0.2, 0.25) is 0 Å². The van der Waals surface area contributed by atoms with Gasteiger partial charge in [0.05, 0.1) is 21.3 Å². The molecule has 3 aromatic rings. The summed E-state index contributed by atoms with van der Waals surface area (Å²) in [7, 11) is 0. The lowest BCUT2D eigenvalue weighted by Gasteiger charge is -2.06. The first kappa shape index (κ1) is 14.0. The molecule has 0 spiro atoms. The predicted octanol–water partition coefficient (Wildman–Crippen LogP) is 4.94. The van der Waals surface area contributed by atoms with E-state index in [1.54, 1.807) is 12.1 Å². The van der Waals surface area contributed by atoms with Crippen LogP contribution in [0.15, 0.2) is 42.5 Å². The molecule has 106 valence electrons. The number of aromatic amines is 1. The molecule has 0 aliphatic heterocycles. The van der Waals surface area contributed by atoms with Crippen molar-refractivity contribution < 1.29 is 0 Å². The Morgan fingerprint density at radius 1 is 0.952 bits per heavy atom. The van der Waals surface area contributed by atoms with Gasteiger partial charge in [-0.05, 0) is 24.6 Å². The van der Waals surface area contributed by atoms with E-state index in [1.807, 2.05) is 37.3 Å². The molecule has 0 bridgehead atoms. The second kappa shape index (κ2) is 5.43. The van der Waals surface area contributed by atoms with Crippen molar-refractivity contribution in [3.63, 3.8) is 0 Å². The lowest BCUT2D eigenvalue weighted by atomic mass is 10.0. The first-order chi connectivity index (χ1) is 10.1. The van der Waals surface area contributed by atoms with Gasteiger partial charge in [0.1, 0.15) is 0 Å². The third-order valence-electron chi connectivity index (χ3n) is 3.34. The summed E-state index contributed by atoms with van der Waals surface area (Å²) in [5, 5.41) is 8.12. The first-order valence-corrected chi connectivity index (χ1v) is 7.18. The molecule has 0 aliphatic rings. The average Bonchev–Trinajstić information content (AvgIpc) is 2.85. The molecule has 3 N–H and O–H groups in total. The second-order valence-corrected chi connectivity index (χ2v) is 5.67. The van der Waals surface area contributed by atoms with Crippen LogP contribution in [0.5, 0.6) is 0 Å². The number of nitrogen functional groups attached to an aromatic ring is 1. The minimum absolute atomic E-state index is 0.434. The number of nitrogens with zero attached hydrogens (tertiary/aromatic N) is 1. The summed E-state index contributed by atoms with van der Waals surface area (Å²) in [4.78, 5) is 0. The van der Waals surface area contributed by atoms with Gasteiger partial charge in [0, 0.05) is 5.56 Å². The van der Waals surface area contributed by atoms with Crippen LogP contribution < -0.4 is 5.73 Å². The molecule has 0 unspecified atom stereocenters. The highest BCUT2D eigenvalue weighted by molar-refractivity contribution is 6.42. The van der Waals surface area contributed by atoms with Gasteiger partial charge < -0.3 is 5.73 Å². The molecule has 3 nitrogen and oxygen atoms in total. The molecule has 0 saturated carbocycles. The van der Waals surface area contributed by atoms with Gasteiger partial charge in [-0.1, -0.05) is 59.1 Å². The molecule has 21 heavy (non-hydrogen) atoms. The molecule has 0 fully saturated rings. The maximum absolute atomic E-state index is 6.10. The number of hydrogen-bond acceptors (Lipinski definition) is 2. The Bertz CT molecular complexity index is 792. The van der Waals surface area contributed by atoms with E-state index in [1.165, 1.54) is 5.56 Å². The highest BCUT2D eigenvalue weighted by atomic mass is 35.5. The summed E-state index contributed by atoms with van der Waals surface area (Å²) >= 11 is 12.1. The fraction of sp³-hybridized carbons (Fsp3) is 0.0625. The number of halogens is 2. The second-order valence-electron chi connectivity index (χ2n) is 4.85. The summed E-state index contributed by atoms with van der Waals surface area (Å²) in [5.74, 6) is 0.434. The molecule has 1 heterocycles. The lowest BCUT2D eigenvalue weighted by molar-refractivity contribution is 1.10. The monoisotopic (exact) mass is 317 g/mol. The van der Waals surface area contributed by atoms with Crippen LogP contribution in [-0.4, -0.2) is 10.2 Å². The highest BCUT2D eigenvalue weighted by Gasteiger charge is 2.15. The number of aromatic nitrogens is 2. The van der Waals surface area contributed by atoms with Gasteiger partial charge in [-0.2, -0.15) is 5.10 Å². The molecule has 0 radical (unpaired) electrons. The zero-order chi connectivity index (χ0) is 15.0. The van der Waals surface area contributed by atoms with Crippen LogP contribution in [0.2, 0.25) is 10.0 Å². The number of aryl methyl sites for hydroxylation is 1. The van der Waals surface area contributed by atoms with Crippen LogP contribution in [0, 0.1) is 6.92 Å². The summed E-state index contributed by atoms with van der Waals surface area (Å²) in [6.45, 7) is 2.05. The van der Waals surface area contributed by atoms with Gasteiger partial charge in [-0.15, -0.1) is 0 Å². The first-order valence-electron chi connectivity index (χ1n) is 6.42. The van der Waals surface area contributed by atoms with E-state index in [0.29, 0.717) is 15.9 Å². The summed E-state index contributed by atoms with van der Waals surface area (Å²) in [5.41, 5.74) is 10.8. The summed E-state index contributed by atoms with van der Waals surface area (Å²) < 4.78 is 0. The molecule has 0 atom stereocenters. The molecule has 0 saturated heterocycles. The Balaban J connectivity index is 2.16. The van der Waals surface area contributed by atoms with Crippen LogP contribution in [0.25, 0.3) is 22.4 Å². The minimum atomic E-state index is 0.434. The molecule has 5 heteroatoms. The van der Waals surface area contributed by atoms with E-state index in [-0.39, 0.29) is 0 Å². The van der Waals surface area contributed by atoms with E-state index >= 15 is 0 Å². The molecule has 0 amide bonds. The van der Waals surface area contributed by atoms with Gasteiger partial charge in [-0.25, -0.2) is 0 Å². The van der Waals surface area contributed by atoms with Crippen molar-refractivity contribution in [2.45, 2.75) is 6.92 Å². The highest BCUT2D eigenvalue weighted by Crippen LogP contribution is 2.37. The maximum Gasteiger partial charge on any atom is 0.153 e. The number of rotatable bonds is 2. The number of anilines is 1. The van der Waals surface area contributed by atoms with Crippen LogP contribution in [0.1, 0.15) is 5.56 Å². The Labute approximate surface area is 132 Å². The van der Waals surface area contributed by atoms with Gasteiger partial charge in [0.15, 0.2) is 5.82 Å². The van der Waals surface area contributed by atoms with E-state index < -0.39 is 0 Å².